The Labute approximate surface area is 130 Å². The molecule has 3 nitrogen and oxygen atoms in total. The first kappa shape index (κ1) is 15.7. The van der Waals surface area contributed by atoms with Gasteiger partial charge >= 0.3 is 5.97 Å². The van der Waals surface area contributed by atoms with Crippen molar-refractivity contribution in [3.8, 4) is 10.4 Å². The van der Waals surface area contributed by atoms with E-state index in [1.807, 2.05) is 39.0 Å². The van der Waals surface area contributed by atoms with Gasteiger partial charge in [-0.3, -0.25) is 4.79 Å². The largest absolute Gasteiger partial charge is 0.459 e. The quantitative estimate of drug-likeness (QED) is 0.853. The molecule has 0 fully saturated rings. The number of esters is 1. The second kappa shape index (κ2) is 6.87. The second-order valence-electron chi connectivity index (χ2n) is 5.82. The van der Waals surface area contributed by atoms with Gasteiger partial charge in [0, 0.05) is 16.3 Å². The van der Waals surface area contributed by atoms with Crippen LogP contribution in [0, 0.1) is 0 Å². The lowest BCUT2D eigenvalue weighted by Gasteiger charge is -2.19. The Hall–Kier alpha value is -1.65. The van der Waals surface area contributed by atoms with Crippen molar-refractivity contribution in [2.45, 2.75) is 32.9 Å². The van der Waals surface area contributed by atoms with E-state index in [2.05, 4.69) is 29.6 Å². The summed E-state index contributed by atoms with van der Waals surface area (Å²) in [4.78, 5) is 14.0. The number of ether oxygens (including phenoxy) is 1. The van der Waals surface area contributed by atoms with Gasteiger partial charge in [-0.1, -0.05) is 30.3 Å². The summed E-state index contributed by atoms with van der Waals surface area (Å²) in [6, 6.07) is 14.5. The van der Waals surface area contributed by atoms with Crippen molar-refractivity contribution in [3.63, 3.8) is 0 Å². The van der Waals surface area contributed by atoms with Crippen LogP contribution in [0.3, 0.4) is 0 Å². The molecule has 1 aromatic heterocycles. The van der Waals surface area contributed by atoms with E-state index in [4.69, 9.17) is 4.74 Å². The minimum atomic E-state index is -0.428. The van der Waals surface area contributed by atoms with Gasteiger partial charge in [-0.2, -0.15) is 0 Å². The van der Waals surface area contributed by atoms with Crippen molar-refractivity contribution in [2.75, 3.05) is 6.54 Å². The van der Waals surface area contributed by atoms with Crippen LogP contribution >= 0.6 is 11.3 Å². The third kappa shape index (κ3) is 5.33. The van der Waals surface area contributed by atoms with Crippen LogP contribution in [0.2, 0.25) is 0 Å². The number of carbonyl (C=O) groups is 1. The van der Waals surface area contributed by atoms with Gasteiger partial charge in [-0.05, 0) is 38.5 Å². The highest BCUT2D eigenvalue weighted by Crippen LogP contribution is 2.27. The monoisotopic (exact) mass is 303 g/mol. The Morgan fingerprint density at radius 2 is 1.86 bits per heavy atom. The second-order valence-corrected chi connectivity index (χ2v) is 6.99. The summed E-state index contributed by atoms with van der Waals surface area (Å²) < 4.78 is 5.25. The molecule has 4 heteroatoms. The molecule has 0 aliphatic heterocycles. The summed E-state index contributed by atoms with van der Waals surface area (Å²) in [5.41, 5.74) is 0.795. The van der Waals surface area contributed by atoms with Gasteiger partial charge in [0.05, 0.1) is 6.54 Å². The van der Waals surface area contributed by atoms with Gasteiger partial charge < -0.3 is 10.1 Å². The highest BCUT2D eigenvalue weighted by molar-refractivity contribution is 7.15. The van der Waals surface area contributed by atoms with Gasteiger partial charge in [0.2, 0.25) is 0 Å². The first-order valence-electron chi connectivity index (χ1n) is 7.01. The maximum absolute atomic E-state index is 11.6. The number of nitrogens with one attached hydrogen (secondary N) is 1. The number of hydrogen-bond donors (Lipinski definition) is 1. The topological polar surface area (TPSA) is 38.3 Å². The van der Waals surface area contributed by atoms with Crippen LogP contribution in [0.1, 0.15) is 25.6 Å². The Morgan fingerprint density at radius 3 is 2.52 bits per heavy atom. The van der Waals surface area contributed by atoms with E-state index < -0.39 is 5.60 Å². The summed E-state index contributed by atoms with van der Waals surface area (Å²) in [6.07, 6.45) is 0. The number of benzene rings is 1. The summed E-state index contributed by atoms with van der Waals surface area (Å²) >= 11 is 1.74. The van der Waals surface area contributed by atoms with Crippen molar-refractivity contribution in [2.24, 2.45) is 0 Å². The molecule has 0 aliphatic rings. The lowest BCUT2D eigenvalue weighted by molar-refractivity contribution is -0.153. The first-order chi connectivity index (χ1) is 9.94. The molecule has 0 amide bonds. The Kier molecular flexibility index (Phi) is 5.15. The Morgan fingerprint density at radius 1 is 1.14 bits per heavy atom. The SMILES string of the molecule is CC(C)(C)OC(=O)CNCc1ccc(-c2ccccc2)s1. The highest BCUT2D eigenvalue weighted by atomic mass is 32.1. The lowest BCUT2D eigenvalue weighted by atomic mass is 10.2. The molecular weight excluding hydrogens is 282 g/mol. The van der Waals surface area contributed by atoms with Crippen LogP contribution in [0.5, 0.6) is 0 Å². The van der Waals surface area contributed by atoms with Crippen LogP contribution in [-0.2, 0) is 16.1 Å². The molecule has 1 N–H and O–H groups in total. The molecule has 1 heterocycles. The zero-order valence-corrected chi connectivity index (χ0v) is 13.5. The summed E-state index contributed by atoms with van der Waals surface area (Å²) in [5, 5.41) is 3.12. The smallest absolute Gasteiger partial charge is 0.320 e. The van der Waals surface area contributed by atoms with Crippen molar-refractivity contribution in [3.05, 3.63) is 47.3 Å². The van der Waals surface area contributed by atoms with E-state index in [1.54, 1.807) is 11.3 Å². The van der Waals surface area contributed by atoms with E-state index in [1.165, 1.54) is 15.3 Å². The molecule has 0 aliphatic carbocycles. The fourth-order valence-electron chi connectivity index (χ4n) is 1.90. The van der Waals surface area contributed by atoms with Gasteiger partial charge in [0.25, 0.3) is 0 Å². The van der Waals surface area contributed by atoms with Crippen LogP contribution in [0.25, 0.3) is 10.4 Å². The normalized spacial score (nSPS) is 11.4. The molecule has 0 saturated carbocycles. The summed E-state index contributed by atoms with van der Waals surface area (Å²) in [5.74, 6) is -0.220. The maximum Gasteiger partial charge on any atom is 0.320 e. The van der Waals surface area contributed by atoms with Crippen LogP contribution < -0.4 is 5.32 Å². The lowest BCUT2D eigenvalue weighted by Crippen LogP contribution is -2.31. The van der Waals surface area contributed by atoms with Crippen LogP contribution in [-0.4, -0.2) is 18.1 Å². The average Bonchev–Trinajstić information content (AvgIpc) is 2.86. The van der Waals surface area contributed by atoms with E-state index in [0.717, 1.165) is 0 Å². The molecule has 21 heavy (non-hydrogen) atoms. The van der Waals surface area contributed by atoms with Crippen LogP contribution in [0.15, 0.2) is 42.5 Å². The predicted octanol–water partition coefficient (Wildman–Crippen LogP) is 3.85. The summed E-state index contributed by atoms with van der Waals surface area (Å²) in [6.45, 7) is 6.52. The van der Waals surface area contributed by atoms with E-state index in [9.17, 15) is 4.79 Å². The highest BCUT2D eigenvalue weighted by Gasteiger charge is 2.15. The molecule has 0 spiro atoms. The van der Waals surface area contributed by atoms with Crippen molar-refractivity contribution >= 4 is 17.3 Å². The molecule has 0 radical (unpaired) electrons. The van der Waals surface area contributed by atoms with Crippen molar-refractivity contribution < 1.29 is 9.53 Å². The molecule has 0 unspecified atom stereocenters. The van der Waals surface area contributed by atoms with E-state index >= 15 is 0 Å². The third-order valence-corrected chi connectivity index (χ3v) is 3.84. The molecular formula is C17H21NO2S. The van der Waals surface area contributed by atoms with Gasteiger partial charge in [0.15, 0.2) is 0 Å². The van der Waals surface area contributed by atoms with Gasteiger partial charge in [-0.15, -0.1) is 11.3 Å². The fourth-order valence-corrected chi connectivity index (χ4v) is 2.88. The molecule has 2 rings (SSSR count). The Bertz CT molecular complexity index is 584. The minimum Gasteiger partial charge on any atom is -0.459 e. The molecule has 2 aromatic rings. The maximum atomic E-state index is 11.6. The molecule has 0 saturated heterocycles. The Balaban J connectivity index is 1.83. The van der Waals surface area contributed by atoms with Gasteiger partial charge in [-0.25, -0.2) is 0 Å². The number of rotatable bonds is 5. The molecule has 112 valence electrons. The number of hydrogen-bond acceptors (Lipinski definition) is 4. The number of thiophene rings is 1. The van der Waals surface area contributed by atoms with Crippen LogP contribution in [0.4, 0.5) is 0 Å². The predicted molar refractivity (Wildman–Crippen MR) is 87.3 cm³/mol. The zero-order chi connectivity index (χ0) is 15.3. The van der Waals surface area contributed by atoms with E-state index in [0.29, 0.717) is 6.54 Å². The number of carbonyl (C=O) groups excluding carboxylic acids is 1. The molecule has 0 atom stereocenters. The first-order valence-corrected chi connectivity index (χ1v) is 7.82. The standard InChI is InChI=1S/C17H21NO2S/c1-17(2,3)20-16(19)12-18-11-14-9-10-15(21-14)13-7-5-4-6-8-13/h4-10,18H,11-12H2,1-3H3. The average molecular weight is 303 g/mol. The zero-order valence-electron chi connectivity index (χ0n) is 12.7. The van der Waals surface area contributed by atoms with Crippen molar-refractivity contribution in [1.29, 1.82) is 0 Å². The minimum absolute atomic E-state index is 0.220. The fraction of sp³-hybridized carbons (Fsp3) is 0.353. The van der Waals surface area contributed by atoms with E-state index in [-0.39, 0.29) is 12.5 Å². The summed E-state index contributed by atoms with van der Waals surface area (Å²) in [7, 11) is 0. The van der Waals surface area contributed by atoms with Gasteiger partial charge in [0.1, 0.15) is 5.60 Å². The molecule has 0 bridgehead atoms. The van der Waals surface area contributed by atoms with Crippen molar-refractivity contribution in [1.82, 2.24) is 5.32 Å². The third-order valence-electron chi connectivity index (χ3n) is 2.71. The molecule has 1 aromatic carbocycles.